The van der Waals surface area contributed by atoms with Crippen molar-refractivity contribution in [3.05, 3.63) is 35.7 Å². The summed E-state index contributed by atoms with van der Waals surface area (Å²) in [5.74, 6) is 0.406. The Hall–Kier alpha value is -2.24. The lowest BCUT2D eigenvalue weighted by Crippen LogP contribution is -2.17. The van der Waals surface area contributed by atoms with Crippen LogP contribution >= 0.6 is 0 Å². The number of nitrogens with one attached hydrogen (secondary N) is 1. The van der Waals surface area contributed by atoms with Crippen LogP contribution in [0.1, 0.15) is 11.4 Å². The van der Waals surface area contributed by atoms with E-state index in [9.17, 15) is 4.79 Å². The van der Waals surface area contributed by atoms with Gasteiger partial charge in [0.1, 0.15) is 0 Å². The second-order valence-electron chi connectivity index (χ2n) is 3.81. The van der Waals surface area contributed by atoms with Crippen LogP contribution in [-0.2, 0) is 18.3 Å². The number of aryl methyl sites for hydroxylation is 2. The topological polar surface area (TPSA) is 72.7 Å². The highest BCUT2D eigenvalue weighted by Crippen LogP contribution is 2.09. The molecule has 6 heteroatoms. The largest absolute Gasteiger partial charge is 0.326 e. The number of hydrogen-bond donors (Lipinski definition) is 1. The van der Waals surface area contributed by atoms with Gasteiger partial charge in [0.25, 0.3) is 0 Å². The maximum atomic E-state index is 11.7. The monoisotopic (exact) mass is 231 g/mol. The van der Waals surface area contributed by atoms with Crippen molar-refractivity contribution in [3.63, 3.8) is 0 Å². The predicted octanol–water partition coefficient (Wildman–Crippen LogP) is 0.700. The first-order valence-corrected chi connectivity index (χ1v) is 5.23. The van der Waals surface area contributed by atoms with E-state index < -0.39 is 0 Å². The van der Waals surface area contributed by atoms with Gasteiger partial charge in [0, 0.05) is 12.7 Å². The van der Waals surface area contributed by atoms with E-state index in [2.05, 4.69) is 20.8 Å². The highest BCUT2D eigenvalue weighted by atomic mass is 16.1. The molecule has 0 unspecified atom stereocenters. The summed E-state index contributed by atoms with van der Waals surface area (Å²) in [6.07, 6.45) is 0.164. The zero-order valence-electron chi connectivity index (χ0n) is 9.71. The van der Waals surface area contributed by atoms with Crippen LogP contribution in [0, 0.1) is 6.92 Å². The van der Waals surface area contributed by atoms with Gasteiger partial charge in [-0.1, -0.05) is 12.1 Å². The molecule has 0 aliphatic carbocycles. The molecule has 0 spiro atoms. The molecule has 0 bridgehead atoms. The van der Waals surface area contributed by atoms with Crippen LogP contribution in [0.5, 0.6) is 0 Å². The lowest BCUT2D eigenvalue weighted by atomic mass is 10.2. The Labute approximate surface area is 98.6 Å². The van der Waals surface area contributed by atoms with Gasteiger partial charge < -0.3 is 5.32 Å². The first kappa shape index (κ1) is 11.3. The third-order valence-corrected chi connectivity index (χ3v) is 2.33. The fourth-order valence-corrected chi connectivity index (χ4v) is 1.47. The second-order valence-corrected chi connectivity index (χ2v) is 3.81. The van der Waals surface area contributed by atoms with Crippen molar-refractivity contribution in [2.45, 2.75) is 13.3 Å². The molecule has 1 aromatic carbocycles. The Morgan fingerprint density at radius 2 is 2.29 bits per heavy atom. The van der Waals surface area contributed by atoms with E-state index in [1.54, 1.807) is 7.05 Å². The number of carbonyl (C=O) groups excluding carboxylic acids is 1. The molecule has 0 saturated carbocycles. The van der Waals surface area contributed by atoms with Gasteiger partial charge in [-0.3, -0.25) is 4.79 Å². The molecule has 88 valence electrons. The minimum absolute atomic E-state index is 0.131. The van der Waals surface area contributed by atoms with Crippen LogP contribution in [-0.4, -0.2) is 26.1 Å². The molecule has 1 N–H and O–H groups in total. The molecule has 0 aliphatic heterocycles. The number of nitrogens with zero attached hydrogens (tertiary/aromatic N) is 4. The molecule has 0 aliphatic rings. The average Bonchev–Trinajstić information content (AvgIpc) is 2.64. The van der Waals surface area contributed by atoms with Crippen LogP contribution in [0.4, 0.5) is 5.69 Å². The Balaban J connectivity index is 2.01. The molecular formula is C11H13N5O. The number of hydrogen-bond acceptors (Lipinski definition) is 4. The van der Waals surface area contributed by atoms with Crippen LogP contribution in [0.25, 0.3) is 0 Å². The van der Waals surface area contributed by atoms with E-state index in [-0.39, 0.29) is 12.3 Å². The number of rotatable bonds is 3. The third kappa shape index (κ3) is 2.87. The number of tetrazole rings is 1. The van der Waals surface area contributed by atoms with E-state index in [0.717, 1.165) is 11.3 Å². The number of benzene rings is 1. The Kier molecular flexibility index (Phi) is 3.13. The van der Waals surface area contributed by atoms with Gasteiger partial charge in [0.05, 0.1) is 6.42 Å². The summed E-state index contributed by atoms with van der Waals surface area (Å²) < 4.78 is 1.48. The van der Waals surface area contributed by atoms with Crippen molar-refractivity contribution in [1.82, 2.24) is 20.2 Å². The fourth-order valence-electron chi connectivity index (χ4n) is 1.47. The van der Waals surface area contributed by atoms with Gasteiger partial charge in [-0.2, -0.15) is 0 Å². The minimum Gasteiger partial charge on any atom is -0.326 e. The van der Waals surface area contributed by atoms with E-state index >= 15 is 0 Å². The summed E-state index contributed by atoms with van der Waals surface area (Å²) in [5, 5.41) is 13.7. The number of carbonyl (C=O) groups is 1. The van der Waals surface area contributed by atoms with E-state index in [1.807, 2.05) is 31.2 Å². The summed E-state index contributed by atoms with van der Waals surface area (Å²) >= 11 is 0. The van der Waals surface area contributed by atoms with Crippen molar-refractivity contribution in [3.8, 4) is 0 Å². The lowest BCUT2D eigenvalue weighted by Gasteiger charge is -2.04. The molecule has 2 aromatic rings. The summed E-state index contributed by atoms with van der Waals surface area (Å²) in [7, 11) is 1.70. The summed E-state index contributed by atoms with van der Waals surface area (Å²) in [4.78, 5) is 11.7. The summed E-state index contributed by atoms with van der Waals surface area (Å²) in [6, 6.07) is 7.63. The van der Waals surface area contributed by atoms with Crippen LogP contribution in [0.2, 0.25) is 0 Å². The van der Waals surface area contributed by atoms with E-state index in [0.29, 0.717) is 5.82 Å². The van der Waals surface area contributed by atoms with Gasteiger partial charge in [-0.15, -0.1) is 5.10 Å². The van der Waals surface area contributed by atoms with E-state index in [1.165, 1.54) is 4.68 Å². The molecule has 1 amide bonds. The Morgan fingerprint density at radius 1 is 1.47 bits per heavy atom. The molecule has 0 radical (unpaired) electrons. The molecule has 17 heavy (non-hydrogen) atoms. The summed E-state index contributed by atoms with van der Waals surface area (Å²) in [5.41, 5.74) is 1.88. The van der Waals surface area contributed by atoms with Crippen molar-refractivity contribution in [2.75, 3.05) is 5.32 Å². The number of amides is 1. The van der Waals surface area contributed by atoms with Crippen LogP contribution in [0.15, 0.2) is 24.3 Å². The lowest BCUT2D eigenvalue weighted by molar-refractivity contribution is -0.115. The zero-order valence-corrected chi connectivity index (χ0v) is 9.71. The minimum atomic E-state index is -0.131. The SMILES string of the molecule is Cc1cccc(NC(=O)Cc2nnnn2C)c1. The summed E-state index contributed by atoms with van der Waals surface area (Å²) in [6.45, 7) is 1.97. The molecule has 0 saturated heterocycles. The first-order chi connectivity index (χ1) is 8.15. The molecule has 2 rings (SSSR count). The van der Waals surface area contributed by atoms with Gasteiger partial charge in [0.2, 0.25) is 5.91 Å². The molecule has 1 heterocycles. The average molecular weight is 231 g/mol. The maximum Gasteiger partial charge on any atom is 0.232 e. The van der Waals surface area contributed by atoms with Gasteiger partial charge in [-0.05, 0) is 35.0 Å². The Morgan fingerprint density at radius 3 is 2.94 bits per heavy atom. The maximum absolute atomic E-state index is 11.7. The highest BCUT2D eigenvalue weighted by Gasteiger charge is 2.09. The molecular weight excluding hydrogens is 218 g/mol. The van der Waals surface area contributed by atoms with E-state index in [4.69, 9.17) is 0 Å². The molecule has 0 fully saturated rings. The smallest absolute Gasteiger partial charge is 0.232 e. The van der Waals surface area contributed by atoms with Crippen LogP contribution < -0.4 is 5.32 Å². The quantitative estimate of drug-likeness (QED) is 0.844. The normalized spacial score (nSPS) is 10.2. The zero-order chi connectivity index (χ0) is 12.3. The number of anilines is 1. The second kappa shape index (κ2) is 4.73. The van der Waals surface area contributed by atoms with Gasteiger partial charge in [-0.25, -0.2) is 4.68 Å². The van der Waals surface area contributed by atoms with Gasteiger partial charge >= 0.3 is 0 Å². The van der Waals surface area contributed by atoms with Crippen molar-refractivity contribution < 1.29 is 4.79 Å². The predicted molar refractivity (Wildman–Crippen MR) is 62.3 cm³/mol. The Bertz CT molecular complexity index is 534. The molecule has 0 atom stereocenters. The third-order valence-electron chi connectivity index (χ3n) is 2.33. The van der Waals surface area contributed by atoms with Crippen molar-refractivity contribution in [2.24, 2.45) is 7.05 Å². The van der Waals surface area contributed by atoms with Crippen molar-refractivity contribution >= 4 is 11.6 Å². The fraction of sp³-hybridized carbons (Fsp3) is 0.273. The van der Waals surface area contributed by atoms with Crippen molar-refractivity contribution in [1.29, 1.82) is 0 Å². The molecule has 1 aromatic heterocycles. The first-order valence-electron chi connectivity index (χ1n) is 5.23. The molecule has 6 nitrogen and oxygen atoms in total. The van der Waals surface area contributed by atoms with Gasteiger partial charge in [0.15, 0.2) is 5.82 Å². The number of aromatic nitrogens is 4. The van der Waals surface area contributed by atoms with Crippen LogP contribution in [0.3, 0.4) is 0 Å². The highest BCUT2D eigenvalue weighted by molar-refractivity contribution is 5.91. The standard InChI is InChI=1S/C11H13N5O/c1-8-4-3-5-9(6-8)12-11(17)7-10-13-14-15-16(10)2/h3-6H,7H2,1-2H3,(H,12,17).